The van der Waals surface area contributed by atoms with Crippen molar-refractivity contribution in [3.05, 3.63) is 29.3 Å². The van der Waals surface area contributed by atoms with Crippen molar-refractivity contribution in [1.29, 1.82) is 0 Å². The fourth-order valence-corrected chi connectivity index (χ4v) is 2.21. The summed E-state index contributed by atoms with van der Waals surface area (Å²) in [4.78, 5) is 13.8. The van der Waals surface area contributed by atoms with Crippen LogP contribution in [-0.2, 0) is 4.74 Å². The van der Waals surface area contributed by atoms with Crippen LogP contribution in [-0.4, -0.2) is 36.2 Å². The van der Waals surface area contributed by atoms with Crippen LogP contribution in [0.5, 0.6) is 0 Å². The van der Waals surface area contributed by atoms with Gasteiger partial charge in [0, 0.05) is 23.8 Å². The molecule has 0 saturated carbocycles. The van der Waals surface area contributed by atoms with Gasteiger partial charge in [0.05, 0.1) is 12.2 Å². The summed E-state index contributed by atoms with van der Waals surface area (Å²) < 4.78 is 5.59. The molecule has 1 aromatic rings. The molecular formula is C13H17ClN2O2. The first-order valence-corrected chi connectivity index (χ1v) is 6.39. The monoisotopic (exact) mass is 268 g/mol. The average molecular weight is 269 g/mol. The molecule has 0 unspecified atom stereocenters. The highest BCUT2D eigenvalue weighted by molar-refractivity contribution is 6.30. The third-order valence-electron chi connectivity index (χ3n) is 2.80. The van der Waals surface area contributed by atoms with Crippen LogP contribution in [0.4, 0.5) is 10.5 Å². The number of carbonyl (C=O) groups is 1. The molecule has 1 aromatic carbocycles. The van der Waals surface area contributed by atoms with Gasteiger partial charge in [0.2, 0.25) is 0 Å². The summed E-state index contributed by atoms with van der Waals surface area (Å²) in [7, 11) is 0. The van der Waals surface area contributed by atoms with Gasteiger partial charge in [-0.05, 0) is 38.1 Å². The highest BCUT2D eigenvalue weighted by Gasteiger charge is 2.25. The molecule has 2 atom stereocenters. The minimum absolute atomic E-state index is 0.0738. The topological polar surface area (TPSA) is 41.6 Å². The third kappa shape index (κ3) is 3.37. The Balaban J connectivity index is 1.97. The van der Waals surface area contributed by atoms with Crippen LogP contribution < -0.4 is 5.32 Å². The van der Waals surface area contributed by atoms with Gasteiger partial charge in [0.1, 0.15) is 0 Å². The standard InChI is InChI=1S/C13H17ClN2O2/c1-9-7-16(8-10(2)18-9)13(17)15-12-5-3-11(14)4-6-12/h3-6,9-10H,7-8H2,1-2H3,(H,15,17)/t9-,10-/m0/s1. The maximum absolute atomic E-state index is 12.1. The number of nitrogens with zero attached hydrogens (tertiary/aromatic N) is 1. The van der Waals surface area contributed by atoms with E-state index >= 15 is 0 Å². The second-order valence-corrected chi connectivity index (χ2v) is 5.04. The van der Waals surface area contributed by atoms with Crippen molar-refractivity contribution >= 4 is 23.3 Å². The SMILES string of the molecule is C[C@H]1CN(C(=O)Nc2ccc(Cl)cc2)C[C@H](C)O1. The maximum Gasteiger partial charge on any atom is 0.322 e. The van der Waals surface area contributed by atoms with Crippen LogP contribution in [0.25, 0.3) is 0 Å². The average Bonchev–Trinajstić information content (AvgIpc) is 2.31. The minimum Gasteiger partial charge on any atom is -0.372 e. The minimum atomic E-state index is -0.0978. The van der Waals surface area contributed by atoms with Crippen molar-refractivity contribution in [3.8, 4) is 0 Å². The number of anilines is 1. The lowest BCUT2D eigenvalue weighted by Crippen LogP contribution is -2.49. The molecule has 1 aliphatic heterocycles. The van der Waals surface area contributed by atoms with Crippen LogP contribution in [0.2, 0.25) is 5.02 Å². The molecule has 1 aliphatic rings. The molecule has 98 valence electrons. The van der Waals surface area contributed by atoms with Gasteiger partial charge in [-0.15, -0.1) is 0 Å². The highest BCUT2D eigenvalue weighted by Crippen LogP contribution is 2.16. The first kappa shape index (κ1) is 13.2. The molecule has 2 amide bonds. The van der Waals surface area contributed by atoms with Gasteiger partial charge in [-0.3, -0.25) is 0 Å². The quantitative estimate of drug-likeness (QED) is 0.851. The summed E-state index contributed by atoms with van der Waals surface area (Å²) in [5, 5.41) is 3.51. The number of halogens is 1. The first-order chi connectivity index (χ1) is 8.54. The predicted molar refractivity (Wildman–Crippen MR) is 72.1 cm³/mol. The van der Waals surface area contributed by atoms with E-state index in [1.165, 1.54) is 0 Å². The van der Waals surface area contributed by atoms with E-state index in [9.17, 15) is 4.79 Å². The molecule has 5 heteroatoms. The van der Waals surface area contributed by atoms with Gasteiger partial charge in [-0.25, -0.2) is 4.79 Å². The van der Waals surface area contributed by atoms with E-state index in [0.717, 1.165) is 5.69 Å². The molecule has 0 radical (unpaired) electrons. The zero-order valence-corrected chi connectivity index (χ0v) is 11.3. The van der Waals surface area contributed by atoms with Gasteiger partial charge >= 0.3 is 6.03 Å². The summed E-state index contributed by atoms with van der Waals surface area (Å²) in [5.74, 6) is 0. The van der Waals surface area contributed by atoms with E-state index in [4.69, 9.17) is 16.3 Å². The fourth-order valence-electron chi connectivity index (χ4n) is 2.08. The Labute approximate surface area is 112 Å². The lowest BCUT2D eigenvalue weighted by atomic mass is 10.2. The Bertz CT molecular complexity index is 412. The Morgan fingerprint density at radius 2 is 1.83 bits per heavy atom. The number of urea groups is 1. The van der Waals surface area contributed by atoms with Gasteiger partial charge in [0.15, 0.2) is 0 Å². The predicted octanol–water partition coefficient (Wildman–Crippen LogP) is 2.98. The van der Waals surface area contributed by atoms with Crippen molar-refractivity contribution in [2.24, 2.45) is 0 Å². The molecule has 0 bridgehead atoms. The summed E-state index contributed by atoms with van der Waals surface area (Å²) in [6.45, 7) is 5.17. The molecule has 1 heterocycles. The number of hydrogen-bond acceptors (Lipinski definition) is 2. The van der Waals surface area contributed by atoms with E-state index in [0.29, 0.717) is 18.1 Å². The maximum atomic E-state index is 12.1. The molecule has 0 aliphatic carbocycles. The summed E-state index contributed by atoms with van der Waals surface area (Å²) in [6.07, 6.45) is 0.148. The lowest BCUT2D eigenvalue weighted by molar-refractivity contribution is -0.0530. The van der Waals surface area contributed by atoms with E-state index in [2.05, 4.69) is 5.32 Å². The van der Waals surface area contributed by atoms with Crippen LogP contribution in [0.1, 0.15) is 13.8 Å². The number of hydrogen-bond donors (Lipinski definition) is 1. The van der Waals surface area contributed by atoms with Crippen molar-refractivity contribution in [2.45, 2.75) is 26.1 Å². The second kappa shape index (κ2) is 5.59. The molecule has 0 spiro atoms. The van der Waals surface area contributed by atoms with Crippen molar-refractivity contribution < 1.29 is 9.53 Å². The molecule has 1 saturated heterocycles. The van der Waals surface area contributed by atoms with Crippen molar-refractivity contribution in [3.63, 3.8) is 0 Å². The van der Waals surface area contributed by atoms with Gasteiger partial charge in [0.25, 0.3) is 0 Å². The van der Waals surface area contributed by atoms with Crippen molar-refractivity contribution in [1.82, 2.24) is 4.90 Å². The van der Waals surface area contributed by atoms with Gasteiger partial charge < -0.3 is 15.0 Å². The number of rotatable bonds is 1. The van der Waals surface area contributed by atoms with Crippen LogP contribution in [0.3, 0.4) is 0 Å². The molecular weight excluding hydrogens is 252 g/mol. The first-order valence-electron chi connectivity index (χ1n) is 6.01. The van der Waals surface area contributed by atoms with Crippen LogP contribution in [0, 0.1) is 0 Å². The highest BCUT2D eigenvalue weighted by atomic mass is 35.5. The Morgan fingerprint density at radius 1 is 1.28 bits per heavy atom. The summed E-state index contributed by atoms with van der Waals surface area (Å²) in [6, 6.07) is 6.98. The number of ether oxygens (including phenoxy) is 1. The van der Waals surface area contributed by atoms with Gasteiger partial charge in [-0.1, -0.05) is 11.6 Å². The molecule has 4 nitrogen and oxygen atoms in total. The van der Waals surface area contributed by atoms with Crippen molar-refractivity contribution in [2.75, 3.05) is 18.4 Å². The van der Waals surface area contributed by atoms with E-state index in [-0.39, 0.29) is 18.2 Å². The zero-order chi connectivity index (χ0) is 13.1. The zero-order valence-electron chi connectivity index (χ0n) is 10.5. The van der Waals surface area contributed by atoms with E-state index in [1.54, 1.807) is 29.2 Å². The Hall–Kier alpha value is -1.26. The molecule has 2 rings (SSSR count). The smallest absolute Gasteiger partial charge is 0.322 e. The Kier molecular flexibility index (Phi) is 4.09. The van der Waals surface area contributed by atoms with E-state index < -0.39 is 0 Å². The largest absolute Gasteiger partial charge is 0.372 e. The fraction of sp³-hybridized carbons (Fsp3) is 0.462. The number of amides is 2. The van der Waals surface area contributed by atoms with E-state index in [1.807, 2.05) is 13.8 Å². The Morgan fingerprint density at radius 3 is 2.39 bits per heavy atom. The molecule has 1 N–H and O–H groups in total. The van der Waals surface area contributed by atoms with Gasteiger partial charge in [-0.2, -0.15) is 0 Å². The number of benzene rings is 1. The molecule has 1 fully saturated rings. The molecule has 0 aromatic heterocycles. The number of carbonyl (C=O) groups excluding carboxylic acids is 1. The summed E-state index contributed by atoms with van der Waals surface area (Å²) >= 11 is 5.80. The normalized spacial score (nSPS) is 23.8. The summed E-state index contributed by atoms with van der Waals surface area (Å²) in [5.41, 5.74) is 0.746. The van der Waals surface area contributed by atoms with Crippen LogP contribution >= 0.6 is 11.6 Å². The number of morpholine rings is 1. The lowest BCUT2D eigenvalue weighted by Gasteiger charge is -2.35. The van der Waals surface area contributed by atoms with Crippen LogP contribution in [0.15, 0.2) is 24.3 Å². The number of nitrogens with one attached hydrogen (secondary N) is 1. The molecule has 18 heavy (non-hydrogen) atoms. The second-order valence-electron chi connectivity index (χ2n) is 4.60. The third-order valence-corrected chi connectivity index (χ3v) is 3.05.